The van der Waals surface area contributed by atoms with E-state index in [-0.39, 0.29) is 12.4 Å². The summed E-state index contributed by atoms with van der Waals surface area (Å²) in [5.74, 6) is -1.02. The average Bonchev–Trinajstić information content (AvgIpc) is 2.24. The highest BCUT2D eigenvalue weighted by atomic mass is 16.5. The van der Waals surface area contributed by atoms with E-state index in [2.05, 4.69) is 13.5 Å². The highest BCUT2D eigenvalue weighted by Crippen LogP contribution is 1.97. The van der Waals surface area contributed by atoms with Gasteiger partial charge in [0, 0.05) is 12.0 Å². The SMILES string of the molecule is C=C(C)C(=O)OCCCCC.CCC(=O)O. The molecule has 0 aromatic carbocycles. The van der Waals surface area contributed by atoms with Crippen LogP contribution < -0.4 is 0 Å². The van der Waals surface area contributed by atoms with Gasteiger partial charge in [-0.3, -0.25) is 4.79 Å². The van der Waals surface area contributed by atoms with Crippen LogP contribution in [0.1, 0.15) is 46.5 Å². The van der Waals surface area contributed by atoms with Crippen LogP contribution in [0.15, 0.2) is 12.2 Å². The summed E-state index contributed by atoms with van der Waals surface area (Å²) in [7, 11) is 0. The van der Waals surface area contributed by atoms with Crippen LogP contribution in [0.4, 0.5) is 0 Å². The van der Waals surface area contributed by atoms with Crippen molar-refractivity contribution in [3.63, 3.8) is 0 Å². The van der Waals surface area contributed by atoms with E-state index >= 15 is 0 Å². The first kappa shape index (κ1) is 17.1. The van der Waals surface area contributed by atoms with E-state index in [1.54, 1.807) is 13.8 Å². The Bertz CT molecular complexity index is 221. The first-order chi connectivity index (χ1) is 7.45. The lowest BCUT2D eigenvalue weighted by Crippen LogP contribution is -2.05. The standard InChI is InChI=1S/C9H16O2.C3H6O2/c1-4-5-6-7-11-9(10)8(2)3;1-2-3(4)5/h2,4-7H2,1,3H3;2H2,1H3,(H,4,5). The molecule has 0 saturated carbocycles. The lowest BCUT2D eigenvalue weighted by atomic mass is 10.3. The smallest absolute Gasteiger partial charge is 0.333 e. The van der Waals surface area contributed by atoms with Gasteiger partial charge >= 0.3 is 11.9 Å². The quantitative estimate of drug-likeness (QED) is 0.433. The van der Waals surface area contributed by atoms with Gasteiger partial charge in [-0.05, 0) is 13.3 Å². The Hall–Kier alpha value is -1.32. The monoisotopic (exact) mass is 230 g/mol. The Balaban J connectivity index is 0. The minimum absolute atomic E-state index is 0.222. The normalized spacial score (nSPS) is 8.69. The molecule has 1 N–H and O–H groups in total. The predicted molar refractivity (Wildman–Crippen MR) is 63.2 cm³/mol. The van der Waals surface area contributed by atoms with Crippen LogP contribution in [0.25, 0.3) is 0 Å². The van der Waals surface area contributed by atoms with Crippen molar-refractivity contribution in [3.05, 3.63) is 12.2 Å². The molecule has 0 fully saturated rings. The van der Waals surface area contributed by atoms with Gasteiger partial charge in [0.25, 0.3) is 0 Å². The summed E-state index contributed by atoms with van der Waals surface area (Å²) in [6.45, 7) is 9.37. The van der Waals surface area contributed by atoms with E-state index in [4.69, 9.17) is 9.84 Å². The Labute approximate surface area is 97.3 Å². The molecule has 0 bridgehead atoms. The Kier molecular flexibility index (Phi) is 12.6. The lowest BCUT2D eigenvalue weighted by Gasteiger charge is -2.02. The topological polar surface area (TPSA) is 63.6 Å². The van der Waals surface area contributed by atoms with Crippen molar-refractivity contribution in [2.45, 2.75) is 46.5 Å². The largest absolute Gasteiger partial charge is 0.481 e. The van der Waals surface area contributed by atoms with E-state index in [0.717, 1.165) is 19.3 Å². The second-order valence-corrected chi connectivity index (χ2v) is 3.37. The number of carboxylic acid groups (broad SMARTS) is 1. The molecule has 0 amide bonds. The molecule has 0 saturated heterocycles. The molecular formula is C12H22O4. The van der Waals surface area contributed by atoms with E-state index in [1.165, 1.54) is 0 Å². The van der Waals surface area contributed by atoms with E-state index in [9.17, 15) is 9.59 Å². The second-order valence-electron chi connectivity index (χ2n) is 3.37. The summed E-state index contributed by atoms with van der Waals surface area (Å²) in [5, 5.41) is 7.72. The molecule has 0 aromatic heterocycles. The molecule has 16 heavy (non-hydrogen) atoms. The average molecular weight is 230 g/mol. The zero-order chi connectivity index (χ0) is 13.0. The summed E-state index contributed by atoms with van der Waals surface area (Å²) in [4.78, 5) is 20.2. The van der Waals surface area contributed by atoms with Crippen LogP contribution in [0.5, 0.6) is 0 Å². The maximum Gasteiger partial charge on any atom is 0.333 e. The number of carbonyl (C=O) groups excluding carboxylic acids is 1. The third-order valence-corrected chi connectivity index (χ3v) is 1.63. The Morgan fingerprint density at radius 3 is 2.06 bits per heavy atom. The lowest BCUT2D eigenvalue weighted by molar-refractivity contribution is -0.139. The molecular weight excluding hydrogens is 208 g/mol. The van der Waals surface area contributed by atoms with Crippen LogP contribution in [-0.4, -0.2) is 23.7 Å². The first-order valence-corrected chi connectivity index (χ1v) is 5.50. The minimum Gasteiger partial charge on any atom is -0.481 e. The van der Waals surface area contributed by atoms with Crippen molar-refractivity contribution in [3.8, 4) is 0 Å². The third-order valence-electron chi connectivity index (χ3n) is 1.63. The van der Waals surface area contributed by atoms with E-state index in [1.807, 2.05) is 0 Å². The van der Waals surface area contributed by atoms with E-state index < -0.39 is 5.97 Å². The van der Waals surface area contributed by atoms with Gasteiger partial charge in [0.2, 0.25) is 0 Å². The van der Waals surface area contributed by atoms with Crippen LogP contribution in [-0.2, 0) is 14.3 Å². The molecule has 0 aliphatic rings. The van der Waals surface area contributed by atoms with Crippen molar-refractivity contribution in [2.24, 2.45) is 0 Å². The van der Waals surface area contributed by atoms with Crippen molar-refractivity contribution < 1.29 is 19.4 Å². The number of hydrogen-bond donors (Lipinski definition) is 1. The van der Waals surface area contributed by atoms with Gasteiger partial charge in [0.05, 0.1) is 6.61 Å². The molecule has 4 nitrogen and oxygen atoms in total. The number of rotatable bonds is 6. The fourth-order valence-electron chi connectivity index (χ4n) is 0.640. The van der Waals surface area contributed by atoms with Gasteiger partial charge in [-0.2, -0.15) is 0 Å². The number of esters is 1. The zero-order valence-electron chi connectivity index (χ0n) is 10.4. The number of ether oxygens (including phenoxy) is 1. The van der Waals surface area contributed by atoms with Crippen molar-refractivity contribution in [1.82, 2.24) is 0 Å². The molecule has 4 heteroatoms. The maximum atomic E-state index is 10.8. The Morgan fingerprint density at radius 2 is 1.75 bits per heavy atom. The van der Waals surface area contributed by atoms with Crippen molar-refractivity contribution in [2.75, 3.05) is 6.61 Å². The number of carbonyl (C=O) groups is 2. The summed E-state index contributed by atoms with van der Waals surface area (Å²) in [6.07, 6.45) is 3.43. The molecule has 0 heterocycles. The molecule has 0 aliphatic heterocycles. The van der Waals surface area contributed by atoms with Crippen LogP contribution >= 0.6 is 0 Å². The van der Waals surface area contributed by atoms with Gasteiger partial charge in [0.1, 0.15) is 0 Å². The number of carboxylic acids is 1. The summed E-state index contributed by atoms with van der Waals surface area (Å²) < 4.78 is 4.87. The summed E-state index contributed by atoms with van der Waals surface area (Å²) in [5.41, 5.74) is 0.474. The number of unbranched alkanes of at least 4 members (excludes halogenated alkanes) is 2. The molecule has 0 unspecified atom stereocenters. The molecule has 0 rings (SSSR count). The fraction of sp³-hybridized carbons (Fsp3) is 0.667. The van der Waals surface area contributed by atoms with Crippen LogP contribution in [0, 0.1) is 0 Å². The highest BCUT2D eigenvalue weighted by Gasteiger charge is 2.00. The molecule has 94 valence electrons. The highest BCUT2D eigenvalue weighted by molar-refractivity contribution is 5.86. The van der Waals surface area contributed by atoms with E-state index in [0.29, 0.717) is 12.2 Å². The molecule has 0 aliphatic carbocycles. The van der Waals surface area contributed by atoms with Gasteiger partial charge in [0.15, 0.2) is 0 Å². The van der Waals surface area contributed by atoms with Gasteiger partial charge in [-0.25, -0.2) is 4.79 Å². The number of aliphatic carboxylic acids is 1. The maximum absolute atomic E-state index is 10.8. The second kappa shape index (κ2) is 11.8. The molecule has 0 radical (unpaired) electrons. The predicted octanol–water partition coefficient (Wildman–Crippen LogP) is 2.78. The fourth-order valence-corrected chi connectivity index (χ4v) is 0.640. The number of hydrogen-bond acceptors (Lipinski definition) is 3. The molecule has 0 spiro atoms. The first-order valence-electron chi connectivity index (χ1n) is 5.50. The Morgan fingerprint density at radius 1 is 1.25 bits per heavy atom. The summed E-state index contributed by atoms with van der Waals surface area (Å²) >= 11 is 0. The van der Waals surface area contributed by atoms with Gasteiger partial charge in [-0.1, -0.05) is 33.3 Å². The minimum atomic E-state index is -0.745. The van der Waals surface area contributed by atoms with Gasteiger partial charge < -0.3 is 9.84 Å². The van der Waals surface area contributed by atoms with Crippen molar-refractivity contribution >= 4 is 11.9 Å². The third kappa shape index (κ3) is 15.2. The van der Waals surface area contributed by atoms with Crippen molar-refractivity contribution in [1.29, 1.82) is 0 Å². The van der Waals surface area contributed by atoms with Crippen LogP contribution in [0.2, 0.25) is 0 Å². The summed E-state index contributed by atoms with van der Waals surface area (Å²) in [6, 6.07) is 0. The van der Waals surface area contributed by atoms with Gasteiger partial charge in [-0.15, -0.1) is 0 Å². The molecule has 0 atom stereocenters. The molecule has 0 aromatic rings. The zero-order valence-corrected chi connectivity index (χ0v) is 10.4. The van der Waals surface area contributed by atoms with Crippen LogP contribution in [0.3, 0.4) is 0 Å².